The molecule has 0 amide bonds. The summed E-state index contributed by atoms with van der Waals surface area (Å²) in [5, 5.41) is 0. The van der Waals surface area contributed by atoms with Crippen LogP contribution in [0, 0.1) is 6.92 Å². The van der Waals surface area contributed by atoms with E-state index in [-0.39, 0.29) is 17.7 Å². The van der Waals surface area contributed by atoms with Crippen molar-refractivity contribution in [1.29, 1.82) is 0 Å². The van der Waals surface area contributed by atoms with Crippen LogP contribution in [0.4, 0.5) is 13.2 Å². The molecule has 7 heteroatoms. The van der Waals surface area contributed by atoms with Crippen molar-refractivity contribution in [2.24, 2.45) is 5.73 Å². The minimum atomic E-state index is -4.48. The highest BCUT2D eigenvalue weighted by Crippen LogP contribution is 2.34. The largest absolute Gasteiger partial charge is 0.416 e. The van der Waals surface area contributed by atoms with Gasteiger partial charge in [-0.3, -0.25) is 9.36 Å². The molecule has 2 N–H and O–H groups in total. The zero-order valence-corrected chi connectivity index (χ0v) is 11.3. The van der Waals surface area contributed by atoms with Gasteiger partial charge in [-0.25, -0.2) is 4.98 Å². The number of halogens is 3. The molecule has 112 valence electrons. The Morgan fingerprint density at radius 2 is 2.00 bits per heavy atom. The first-order chi connectivity index (χ1) is 9.79. The second kappa shape index (κ2) is 5.69. The Morgan fingerprint density at radius 3 is 2.62 bits per heavy atom. The van der Waals surface area contributed by atoms with Gasteiger partial charge in [0.05, 0.1) is 11.9 Å². The van der Waals surface area contributed by atoms with Crippen molar-refractivity contribution in [3.63, 3.8) is 0 Å². The van der Waals surface area contributed by atoms with E-state index in [0.717, 1.165) is 6.07 Å². The summed E-state index contributed by atoms with van der Waals surface area (Å²) in [6.07, 6.45) is -3.20. The number of hydrogen-bond acceptors (Lipinski definition) is 3. The highest BCUT2D eigenvalue weighted by atomic mass is 19.4. The maximum Gasteiger partial charge on any atom is 0.416 e. The van der Waals surface area contributed by atoms with Gasteiger partial charge in [0.2, 0.25) is 0 Å². The van der Waals surface area contributed by atoms with Crippen LogP contribution in [0.2, 0.25) is 0 Å². The zero-order chi connectivity index (χ0) is 15.6. The molecule has 0 fully saturated rings. The zero-order valence-electron chi connectivity index (χ0n) is 11.3. The summed E-state index contributed by atoms with van der Waals surface area (Å²) in [4.78, 5) is 15.7. The summed E-state index contributed by atoms with van der Waals surface area (Å²) in [6, 6.07) is 5.44. The van der Waals surface area contributed by atoms with Crippen LogP contribution in [-0.2, 0) is 12.7 Å². The summed E-state index contributed by atoms with van der Waals surface area (Å²) in [7, 11) is 0. The fourth-order valence-corrected chi connectivity index (χ4v) is 2.04. The number of benzene rings is 1. The van der Waals surface area contributed by atoms with Gasteiger partial charge in [0.15, 0.2) is 0 Å². The number of nitrogens with zero attached hydrogens (tertiary/aromatic N) is 2. The molecule has 0 spiro atoms. The highest BCUT2D eigenvalue weighted by molar-refractivity contribution is 5.32. The first-order valence-corrected chi connectivity index (χ1v) is 6.24. The SMILES string of the molecule is Cc1cc(=O)n(CC(N)c2ccccc2C(F)(F)F)cn1. The predicted octanol–water partition coefficient (Wildman–Crippen LogP) is 2.27. The third-order valence-electron chi connectivity index (χ3n) is 3.08. The van der Waals surface area contributed by atoms with E-state index in [0.29, 0.717) is 5.69 Å². The summed E-state index contributed by atoms with van der Waals surface area (Å²) >= 11 is 0. The smallest absolute Gasteiger partial charge is 0.322 e. The molecule has 4 nitrogen and oxygen atoms in total. The van der Waals surface area contributed by atoms with Gasteiger partial charge in [0.1, 0.15) is 0 Å². The van der Waals surface area contributed by atoms with E-state index in [4.69, 9.17) is 5.73 Å². The minimum Gasteiger partial charge on any atom is -0.322 e. The van der Waals surface area contributed by atoms with Gasteiger partial charge in [0, 0.05) is 24.3 Å². The third kappa shape index (κ3) is 3.49. The molecule has 21 heavy (non-hydrogen) atoms. The summed E-state index contributed by atoms with van der Waals surface area (Å²) < 4.78 is 40.0. The maximum atomic E-state index is 12.9. The van der Waals surface area contributed by atoms with Crippen LogP contribution in [0.25, 0.3) is 0 Å². The van der Waals surface area contributed by atoms with Crippen molar-refractivity contribution in [2.45, 2.75) is 25.7 Å². The molecule has 0 saturated heterocycles. The van der Waals surface area contributed by atoms with Crippen molar-refractivity contribution in [3.05, 3.63) is 63.8 Å². The molecule has 0 aliphatic heterocycles. The van der Waals surface area contributed by atoms with Crippen molar-refractivity contribution in [3.8, 4) is 0 Å². The highest BCUT2D eigenvalue weighted by Gasteiger charge is 2.34. The van der Waals surface area contributed by atoms with Crippen LogP contribution < -0.4 is 11.3 Å². The van der Waals surface area contributed by atoms with E-state index in [1.54, 1.807) is 6.92 Å². The first-order valence-electron chi connectivity index (χ1n) is 6.24. The second-order valence-corrected chi connectivity index (χ2v) is 4.71. The molecule has 0 aliphatic rings. The Hall–Kier alpha value is -2.15. The lowest BCUT2D eigenvalue weighted by Crippen LogP contribution is -2.28. The Labute approximate surface area is 119 Å². The number of aryl methyl sites for hydroxylation is 1. The average Bonchev–Trinajstić information content (AvgIpc) is 2.41. The van der Waals surface area contributed by atoms with Gasteiger partial charge >= 0.3 is 6.18 Å². The van der Waals surface area contributed by atoms with E-state index in [1.165, 1.54) is 35.2 Å². The molecule has 1 aromatic carbocycles. The van der Waals surface area contributed by atoms with E-state index in [2.05, 4.69) is 4.98 Å². The number of alkyl halides is 3. The molecule has 0 radical (unpaired) electrons. The Bertz CT molecular complexity index is 694. The molecule has 0 saturated carbocycles. The van der Waals surface area contributed by atoms with E-state index in [1.807, 2.05) is 0 Å². The summed E-state index contributed by atoms with van der Waals surface area (Å²) in [5.74, 6) is 0. The molecule has 2 rings (SSSR count). The summed E-state index contributed by atoms with van der Waals surface area (Å²) in [5.41, 5.74) is 5.21. The van der Waals surface area contributed by atoms with Crippen LogP contribution in [0.3, 0.4) is 0 Å². The van der Waals surface area contributed by atoms with Crippen LogP contribution in [0.15, 0.2) is 41.5 Å². The molecule has 1 aromatic heterocycles. The molecule has 1 atom stereocenters. The maximum absolute atomic E-state index is 12.9. The third-order valence-corrected chi connectivity index (χ3v) is 3.08. The predicted molar refractivity (Wildman–Crippen MR) is 71.6 cm³/mol. The Morgan fingerprint density at radius 1 is 1.33 bits per heavy atom. The monoisotopic (exact) mass is 297 g/mol. The molecular weight excluding hydrogens is 283 g/mol. The fraction of sp³-hybridized carbons (Fsp3) is 0.286. The Balaban J connectivity index is 2.33. The quantitative estimate of drug-likeness (QED) is 0.945. The van der Waals surface area contributed by atoms with E-state index < -0.39 is 17.8 Å². The Kier molecular flexibility index (Phi) is 4.13. The minimum absolute atomic E-state index is 0.0440. The number of nitrogens with two attached hydrogens (primary N) is 1. The standard InChI is InChI=1S/C14H14F3N3O/c1-9-6-13(21)20(8-19-9)7-12(18)10-4-2-3-5-11(10)14(15,16)17/h2-6,8,12H,7,18H2,1H3. The van der Waals surface area contributed by atoms with Crippen molar-refractivity contribution < 1.29 is 13.2 Å². The van der Waals surface area contributed by atoms with Gasteiger partial charge in [-0.15, -0.1) is 0 Å². The normalized spacial score (nSPS) is 13.2. The van der Waals surface area contributed by atoms with Gasteiger partial charge in [-0.05, 0) is 18.6 Å². The van der Waals surface area contributed by atoms with E-state index in [9.17, 15) is 18.0 Å². The lowest BCUT2D eigenvalue weighted by Gasteiger charge is -2.19. The summed E-state index contributed by atoms with van der Waals surface area (Å²) in [6.45, 7) is 1.59. The molecule has 0 aliphatic carbocycles. The van der Waals surface area contributed by atoms with Crippen LogP contribution in [0.1, 0.15) is 22.9 Å². The van der Waals surface area contributed by atoms with Crippen LogP contribution >= 0.6 is 0 Å². The molecule has 2 aromatic rings. The molecule has 0 bridgehead atoms. The van der Waals surface area contributed by atoms with E-state index >= 15 is 0 Å². The van der Waals surface area contributed by atoms with Gasteiger partial charge in [-0.1, -0.05) is 18.2 Å². The van der Waals surface area contributed by atoms with Crippen molar-refractivity contribution in [2.75, 3.05) is 0 Å². The van der Waals surface area contributed by atoms with Crippen molar-refractivity contribution >= 4 is 0 Å². The number of hydrogen-bond donors (Lipinski definition) is 1. The fourth-order valence-electron chi connectivity index (χ4n) is 2.04. The lowest BCUT2D eigenvalue weighted by atomic mass is 10.0. The average molecular weight is 297 g/mol. The topological polar surface area (TPSA) is 60.9 Å². The molecular formula is C14H14F3N3O. The van der Waals surface area contributed by atoms with Gasteiger partial charge in [0.25, 0.3) is 5.56 Å². The first kappa shape index (κ1) is 15.2. The molecule has 1 unspecified atom stereocenters. The van der Waals surface area contributed by atoms with Crippen LogP contribution in [0.5, 0.6) is 0 Å². The lowest BCUT2D eigenvalue weighted by molar-refractivity contribution is -0.138. The number of aromatic nitrogens is 2. The number of rotatable bonds is 3. The van der Waals surface area contributed by atoms with Crippen LogP contribution in [-0.4, -0.2) is 9.55 Å². The molecule has 1 heterocycles. The van der Waals surface area contributed by atoms with Gasteiger partial charge < -0.3 is 5.73 Å². The second-order valence-electron chi connectivity index (χ2n) is 4.71. The van der Waals surface area contributed by atoms with Crippen molar-refractivity contribution in [1.82, 2.24) is 9.55 Å². The van der Waals surface area contributed by atoms with Gasteiger partial charge in [-0.2, -0.15) is 13.2 Å².